The van der Waals surface area contributed by atoms with E-state index in [4.69, 9.17) is 11.6 Å². The van der Waals surface area contributed by atoms with Crippen LogP contribution in [0.15, 0.2) is 0 Å². The molecule has 0 aromatic rings. The predicted octanol–water partition coefficient (Wildman–Crippen LogP) is 4.20. The van der Waals surface area contributed by atoms with Gasteiger partial charge in [-0.25, -0.2) is 8.78 Å². The molecule has 0 amide bonds. The van der Waals surface area contributed by atoms with E-state index in [0.29, 0.717) is 12.3 Å². The zero-order chi connectivity index (χ0) is 13.0. The summed E-state index contributed by atoms with van der Waals surface area (Å²) in [5.41, 5.74) is 0. The Kier molecular flexibility index (Phi) is 5.25. The summed E-state index contributed by atoms with van der Waals surface area (Å²) in [4.78, 5) is 0. The van der Waals surface area contributed by atoms with E-state index in [1.54, 1.807) is 0 Å². The van der Waals surface area contributed by atoms with Crippen LogP contribution in [0, 0.1) is 11.8 Å². The second-order valence-electron chi connectivity index (χ2n) is 6.04. The number of hydrogen-bond acceptors (Lipinski definition) is 1. The first kappa shape index (κ1) is 14.5. The van der Waals surface area contributed by atoms with Crippen LogP contribution >= 0.6 is 11.6 Å². The van der Waals surface area contributed by atoms with Crippen molar-refractivity contribution in [3.63, 3.8) is 0 Å². The minimum absolute atomic E-state index is 0.0645. The van der Waals surface area contributed by atoms with Gasteiger partial charge in [0, 0.05) is 18.2 Å². The molecule has 3 atom stereocenters. The molecule has 0 aromatic heterocycles. The first-order chi connectivity index (χ1) is 8.57. The second-order valence-corrected chi connectivity index (χ2v) is 6.60. The van der Waals surface area contributed by atoms with Crippen LogP contribution in [0.5, 0.6) is 0 Å². The van der Waals surface area contributed by atoms with Crippen molar-refractivity contribution in [1.29, 1.82) is 0 Å². The summed E-state index contributed by atoms with van der Waals surface area (Å²) in [5.74, 6) is -1.75. The van der Waals surface area contributed by atoms with Crippen molar-refractivity contribution < 1.29 is 8.78 Å². The van der Waals surface area contributed by atoms with Gasteiger partial charge in [0.2, 0.25) is 5.92 Å². The quantitative estimate of drug-likeness (QED) is 0.761. The fourth-order valence-corrected chi connectivity index (χ4v) is 3.68. The summed E-state index contributed by atoms with van der Waals surface area (Å²) >= 11 is 6.29. The van der Waals surface area contributed by atoms with Gasteiger partial charge in [-0.1, -0.05) is 12.8 Å². The van der Waals surface area contributed by atoms with Crippen molar-refractivity contribution in [2.75, 3.05) is 13.1 Å². The van der Waals surface area contributed by atoms with E-state index in [2.05, 4.69) is 5.32 Å². The van der Waals surface area contributed by atoms with Gasteiger partial charge in [-0.15, -0.1) is 11.6 Å². The average Bonchev–Trinajstić information content (AvgIpc) is 2.30. The summed E-state index contributed by atoms with van der Waals surface area (Å²) in [5, 5.41) is 3.65. The lowest BCUT2D eigenvalue weighted by Crippen LogP contribution is -2.36. The van der Waals surface area contributed by atoms with Crippen LogP contribution in [-0.4, -0.2) is 24.4 Å². The molecule has 0 bridgehead atoms. The van der Waals surface area contributed by atoms with Crippen LogP contribution in [-0.2, 0) is 0 Å². The van der Waals surface area contributed by atoms with Crippen LogP contribution in [0.25, 0.3) is 0 Å². The summed E-state index contributed by atoms with van der Waals surface area (Å²) in [6.45, 7) is 1.63. The van der Waals surface area contributed by atoms with Gasteiger partial charge >= 0.3 is 0 Å². The highest BCUT2D eigenvalue weighted by Gasteiger charge is 2.36. The standard InChI is InChI=1S/C14H24ClF2N/c15-13-6-2-1-5-12(13)10-18-9-11-4-3-7-14(16,17)8-11/h11-13,18H,1-10H2. The molecule has 2 fully saturated rings. The molecule has 1 N–H and O–H groups in total. The third kappa shape index (κ3) is 4.34. The lowest BCUT2D eigenvalue weighted by atomic mass is 9.86. The maximum atomic E-state index is 13.2. The number of nitrogens with one attached hydrogen (secondary N) is 1. The van der Waals surface area contributed by atoms with Gasteiger partial charge in [-0.05, 0) is 50.6 Å². The Morgan fingerprint density at radius 3 is 2.56 bits per heavy atom. The van der Waals surface area contributed by atoms with E-state index in [-0.39, 0.29) is 24.1 Å². The third-order valence-electron chi connectivity index (χ3n) is 4.40. The van der Waals surface area contributed by atoms with Crippen LogP contribution in [0.4, 0.5) is 8.78 Å². The van der Waals surface area contributed by atoms with Gasteiger partial charge in [0.1, 0.15) is 0 Å². The number of hydrogen-bond donors (Lipinski definition) is 1. The van der Waals surface area contributed by atoms with E-state index < -0.39 is 5.92 Å². The monoisotopic (exact) mass is 279 g/mol. The molecule has 2 aliphatic carbocycles. The lowest BCUT2D eigenvalue weighted by Gasteiger charge is -2.31. The normalized spacial score (nSPS) is 36.5. The molecule has 0 heterocycles. The van der Waals surface area contributed by atoms with Crippen molar-refractivity contribution in [2.45, 2.75) is 62.7 Å². The fraction of sp³-hybridized carbons (Fsp3) is 1.00. The van der Waals surface area contributed by atoms with Gasteiger partial charge in [0.15, 0.2) is 0 Å². The maximum Gasteiger partial charge on any atom is 0.248 e. The summed E-state index contributed by atoms with van der Waals surface area (Å²) < 4.78 is 26.5. The van der Waals surface area contributed by atoms with E-state index in [0.717, 1.165) is 25.9 Å². The third-order valence-corrected chi connectivity index (χ3v) is 4.97. The Labute approximate surface area is 114 Å². The molecule has 4 heteroatoms. The van der Waals surface area contributed by atoms with E-state index in [9.17, 15) is 8.78 Å². The predicted molar refractivity (Wildman–Crippen MR) is 71.4 cm³/mol. The molecule has 1 nitrogen and oxygen atoms in total. The lowest BCUT2D eigenvalue weighted by molar-refractivity contribution is -0.0520. The molecular weight excluding hydrogens is 256 g/mol. The van der Waals surface area contributed by atoms with Crippen molar-refractivity contribution in [1.82, 2.24) is 5.32 Å². The fourth-order valence-electron chi connectivity index (χ4n) is 3.32. The Bertz CT molecular complexity index is 260. The minimum Gasteiger partial charge on any atom is -0.316 e. The molecule has 18 heavy (non-hydrogen) atoms. The topological polar surface area (TPSA) is 12.0 Å². The Hall–Kier alpha value is 0.110. The second kappa shape index (κ2) is 6.51. The molecule has 0 radical (unpaired) electrons. The minimum atomic E-state index is -2.43. The molecule has 0 aromatic carbocycles. The van der Waals surface area contributed by atoms with Crippen LogP contribution in [0.1, 0.15) is 51.4 Å². The molecule has 106 valence electrons. The van der Waals surface area contributed by atoms with E-state index >= 15 is 0 Å². The molecule has 2 rings (SSSR count). The number of halogens is 3. The zero-order valence-electron chi connectivity index (χ0n) is 10.9. The Morgan fingerprint density at radius 1 is 1.06 bits per heavy atom. The SMILES string of the molecule is FC1(F)CCCC(CNCC2CCCCC2Cl)C1. The van der Waals surface area contributed by atoms with Gasteiger partial charge in [0.05, 0.1) is 0 Å². The highest BCUT2D eigenvalue weighted by molar-refractivity contribution is 6.20. The summed E-state index contributed by atoms with van der Waals surface area (Å²) in [6.07, 6.45) is 6.54. The molecule has 0 aliphatic heterocycles. The zero-order valence-corrected chi connectivity index (χ0v) is 11.7. The first-order valence-electron chi connectivity index (χ1n) is 7.29. The molecule has 0 spiro atoms. The first-order valence-corrected chi connectivity index (χ1v) is 7.73. The van der Waals surface area contributed by atoms with Crippen LogP contribution in [0.2, 0.25) is 0 Å². The smallest absolute Gasteiger partial charge is 0.248 e. The molecular formula is C14H24ClF2N. The van der Waals surface area contributed by atoms with Crippen LogP contribution < -0.4 is 5.32 Å². The average molecular weight is 280 g/mol. The largest absolute Gasteiger partial charge is 0.316 e. The molecule has 0 saturated heterocycles. The number of alkyl halides is 3. The number of rotatable bonds is 4. The molecule has 3 unspecified atom stereocenters. The van der Waals surface area contributed by atoms with Gasteiger partial charge in [-0.2, -0.15) is 0 Å². The van der Waals surface area contributed by atoms with E-state index in [1.807, 2.05) is 0 Å². The molecule has 2 aliphatic rings. The Morgan fingerprint density at radius 2 is 1.83 bits per heavy atom. The van der Waals surface area contributed by atoms with Crippen molar-refractivity contribution in [3.05, 3.63) is 0 Å². The highest BCUT2D eigenvalue weighted by atomic mass is 35.5. The molecule has 2 saturated carbocycles. The summed E-state index contributed by atoms with van der Waals surface area (Å²) in [6, 6.07) is 0. The summed E-state index contributed by atoms with van der Waals surface area (Å²) in [7, 11) is 0. The van der Waals surface area contributed by atoms with E-state index in [1.165, 1.54) is 19.3 Å². The maximum absolute atomic E-state index is 13.2. The highest BCUT2D eigenvalue weighted by Crippen LogP contribution is 2.36. The van der Waals surface area contributed by atoms with Crippen molar-refractivity contribution >= 4 is 11.6 Å². The van der Waals surface area contributed by atoms with Crippen molar-refractivity contribution in [2.24, 2.45) is 11.8 Å². The van der Waals surface area contributed by atoms with Crippen LogP contribution in [0.3, 0.4) is 0 Å². The Balaban J connectivity index is 1.65. The van der Waals surface area contributed by atoms with Gasteiger partial charge in [-0.3, -0.25) is 0 Å². The van der Waals surface area contributed by atoms with Gasteiger partial charge < -0.3 is 5.32 Å². The van der Waals surface area contributed by atoms with Crippen molar-refractivity contribution in [3.8, 4) is 0 Å². The van der Waals surface area contributed by atoms with Gasteiger partial charge in [0.25, 0.3) is 0 Å².